The minimum absolute atomic E-state index is 0.254. The second-order valence-corrected chi connectivity index (χ2v) is 11.0. The molecule has 184 valence electrons. The van der Waals surface area contributed by atoms with Crippen molar-refractivity contribution in [2.45, 2.75) is 81.4 Å². The molecule has 0 spiro atoms. The Labute approximate surface area is 217 Å². The molecule has 2 saturated carbocycles. The van der Waals surface area contributed by atoms with Crippen molar-refractivity contribution in [2.75, 3.05) is 5.75 Å². The number of carbonyl (C=O) groups excluding carboxylic acids is 1. The topological polar surface area (TPSA) is 51.0 Å². The first kappa shape index (κ1) is 24.4. The van der Waals surface area contributed by atoms with E-state index in [1.807, 2.05) is 59.2 Å². The van der Waals surface area contributed by atoms with E-state index in [4.69, 9.17) is 11.6 Å². The number of para-hydroxylation sites is 1. The zero-order valence-corrected chi connectivity index (χ0v) is 21.7. The molecule has 35 heavy (non-hydrogen) atoms. The van der Waals surface area contributed by atoms with E-state index >= 15 is 0 Å². The van der Waals surface area contributed by atoms with E-state index in [2.05, 4.69) is 15.1 Å². The summed E-state index contributed by atoms with van der Waals surface area (Å²) in [7, 11) is 0. The van der Waals surface area contributed by atoms with Crippen LogP contribution in [0.1, 0.15) is 64.2 Å². The quantitative estimate of drug-likeness (QED) is 0.317. The Morgan fingerprint density at radius 1 is 0.857 bits per heavy atom. The first-order valence-electron chi connectivity index (χ1n) is 12.9. The Morgan fingerprint density at radius 2 is 1.46 bits per heavy atom. The normalized spacial score (nSPS) is 17.4. The molecule has 0 bridgehead atoms. The van der Waals surface area contributed by atoms with Gasteiger partial charge in [0.15, 0.2) is 11.0 Å². The number of hydrogen-bond acceptors (Lipinski definition) is 4. The summed E-state index contributed by atoms with van der Waals surface area (Å²) in [6.07, 6.45) is 12.1. The van der Waals surface area contributed by atoms with Crippen molar-refractivity contribution in [1.82, 2.24) is 19.7 Å². The van der Waals surface area contributed by atoms with Crippen molar-refractivity contribution < 1.29 is 4.79 Å². The molecule has 0 saturated heterocycles. The fourth-order valence-electron chi connectivity index (χ4n) is 5.58. The Balaban J connectivity index is 1.40. The standard InChI is InChI=1S/C28H33ClN4OS/c29-22-18-16-21(17-19-22)27-30-31-28(33(27)25-14-8-3-9-15-25)35-20-26(34)32(23-10-4-1-5-11-23)24-12-6-2-7-13-24/h3,8-9,14-19,23-24H,1-2,4-7,10-13,20H2. The Kier molecular flexibility index (Phi) is 8.09. The molecule has 0 aliphatic heterocycles. The number of amides is 1. The third-order valence-electron chi connectivity index (χ3n) is 7.30. The summed E-state index contributed by atoms with van der Waals surface area (Å²) in [5.41, 5.74) is 1.92. The molecule has 0 atom stereocenters. The lowest BCUT2D eigenvalue weighted by Gasteiger charge is -2.41. The van der Waals surface area contributed by atoms with Gasteiger partial charge in [-0.25, -0.2) is 0 Å². The van der Waals surface area contributed by atoms with Gasteiger partial charge in [-0.3, -0.25) is 9.36 Å². The smallest absolute Gasteiger partial charge is 0.233 e. The van der Waals surface area contributed by atoms with Crippen LogP contribution in [-0.2, 0) is 4.79 Å². The van der Waals surface area contributed by atoms with Gasteiger partial charge in [-0.2, -0.15) is 0 Å². The number of carbonyl (C=O) groups is 1. The van der Waals surface area contributed by atoms with E-state index in [0.717, 1.165) is 47.9 Å². The summed E-state index contributed by atoms with van der Waals surface area (Å²) < 4.78 is 2.05. The molecule has 5 nitrogen and oxygen atoms in total. The highest BCUT2D eigenvalue weighted by Crippen LogP contribution is 2.33. The zero-order valence-electron chi connectivity index (χ0n) is 20.1. The minimum Gasteiger partial charge on any atom is -0.336 e. The van der Waals surface area contributed by atoms with E-state index in [0.29, 0.717) is 22.9 Å². The van der Waals surface area contributed by atoms with Crippen LogP contribution in [0.15, 0.2) is 59.8 Å². The number of nitrogens with zero attached hydrogens (tertiary/aromatic N) is 4. The van der Waals surface area contributed by atoms with Gasteiger partial charge in [-0.15, -0.1) is 10.2 Å². The summed E-state index contributed by atoms with van der Waals surface area (Å²) in [6.45, 7) is 0. The van der Waals surface area contributed by atoms with Crippen LogP contribution in [0.4, 0.5) is 0 Å². The fourth-order valence-corrected chi connectivity index (χ4v) is 6.53. The lowest BCUT2D eigenvalue weighted by molar-refractivity contribution is -0.135. The predicted octanol–water partition coefficient (Wildman–Crippen LogP) is 7.17. The number of hydrogen-bond donors (Lipinski definition) is 0. The summed E-state index contributed by atoms with van der Waals surface area (Å²) in [5.74, 6) is 1.39. The van der Waals surface area contributed by atoms with Crippen LogP contribution in [0.25, 0.3) is 17.1 Å². The number of halogens is 1. The summed E-state index contributed by atoms with van der Waals surface area (Å²) in [5, 5.41) is 10.5. The maximum absolute atomic E-state index is 13.7. The third-order valence-corrected chi connectivity index (χ3v) is 8.46. The molecule has 0 unspecified atom stereocenters. The van der Waals surface area contributed by atoms with Gasteiger partial charge in [0.2, 0.25) is 5.91 Å². The molecule has 2 aromatic carbocycles. The van der Waals surface area contributed by atoms with E-state index in [1.165, 1.54) is 50.3 Å². The minimum atomic E-state index is 0.254. The molecule has 7 heteroatoms. The molecule has 0 radical (unpaired) electrons. The predicted molar refractivity (Wildman–Crippen MR) is 143 cm³/mol. The maximum atomic E-state index is 13.7. The molecule has 2 aliphatic rings. The molecule has 2 fully saturated rings. The molecule has 1 heterocycles. The van der Waals surface area contributed by atoms with Gasteiger partial charge in [0, 0.05) is 28.4 Å². The molecular weight excluding hydrogens is 476 g/mol. The lowest BCUT2D eigenvalue weighted by Crippen LogP contribution is -2.49. The highest BCUT2D eigenvalue weighted by molar-refractivity contribution is 7.99. The van der Waals surface area contributed by atoms with Crippen LogP contribution >= 0.6 is 23.4 Å². The second-order valence-electron chi connectivity index (χ2n) is 9.66. The molecule has 2 aliphatic carbocycles. The monoisotopic (exact) mass is 508 g/mol. The average molecular weight is 509 g/mol. The summed E-state index contributed by atoms with van der Waals surface area (Å²) in [6, 6.07) is 18.6. The molecule has 1 aromatic heterocycles. The second kappa shape index (κ2) is 11.6. The highest BCUT2D eigenvalue weighted by Gasteiger charge is 2.32. The SMILES string of the molecule is O=C(CSc1nnc(-c2ccc(Cl)cc2)n1-c1ccccc1)N(C1CCCCC1)C1CCCCC1. The van der Waals surface area contributed by atoms with Gasteiger partial charge in [0.05, 0.1) is 5.75 Å². The first-order valence-corrected chi connectivity index (χ1v) is 14.3. The summed E-state index contributed by atoms with van der Waals surface area (Å²) in [4.78, 5) is 16.0. The Morgan fingerprint density at radius 3 is 2.06 bits per heavy atom. The van der Waals surface area contributed by atoms with E-state index < -0.39 is 0 Å². The van der Waals surface area contributed by atoms with Crippen LogP contribution in [0.2, 0.25) is 5.02 Å². The first-order chi connectivity index (χ1) is 17.2. The van der Waals surface area contributed by atoms with Crippen LogP contribution in [-0.4, -0.2) is 43.4 Å². The molecule has 3 aromatic rings. The van der Waals surface area contributed by atoms with Crippen molar-refractivity contribution >= 4 is 29.3 Å². The highest BCUT2D eigenvalue weighted by atomic mass is 35.5. The zero-order chi connectivity index (χ0) is 24.0. The van der Waals surface area contributed by atoms with Gasteiger partial charge >= 0.3 is 0 Å². The third kappa shape index (κ3) is 5.75. The van der Waals surface area contributed by atoms with Crippen molar-refractivity contribution in [3.05, 3.63) is 59.6 Å². The van der Waals surface area contributed by atoms with Crippen LogP contribution < -0.4 is 0 Å². The van der Waals surface area contributed by atoms with Gasteiger partial charge in [0.25, 0.3) is 0 Å². The molecule has 1 amide bonds. The largest absolute Gasteiger partial charge is 0.336 e. The average Bonchev–Trinajstić information content (AvgIpc) is 3.34. The number of thioether (sulfide) groups is 1. The lowest BCUT2D eigenvalue weighted by atomic mass is 9.88. The van der Waals surface area contributed by atoms with Gasteiger partial charge in [0.1, 0.15) is 0 Å². The Bertz CT molecular complexity index is 1090. The number of benzene rings is 2. The van der Waals surface area contributed by atoms with Crippen molar-refractivity contribution in [2.24, 2.45) is 0 Å². The summed E-state index contributed by atoms with van der Waals surface area (Å²) >= 11 is 7.61. The van der Waals surface area contributed by atoms with Crippen LogP contribution in [0.5, 0.6) is 0 Å². The Hall–Kier alpha value is -2.31. The molecule has 5 rings (SSSR count). The van der Waals surface area contributed by atoms with Crippen LogP contribution in [0.3, 0.4) is 0 Å². The number of rotatable bonds is 7. The fraction of sp³-hybridized carbons (Fsp3) is 0.464. The van der Waals surface area contributed by atoms with Crippen molar-refractivity contribution in [1.29, 1.82) is 0 Å². The van der Waals surface area contributed by atoms with E-state index in [9.17, 15) is 4.79 Å². The maximum Gasteiger partial charge on any atom is 0.233 e. The van der Waals surface area contributed by atoms with Gasteiger partial charge in [-0.1, -0.05) is 80.1 Å². The number of aromatic nitrogens is 3. The van der Waals surface area contributed by atoms with Crippen LogP contribution in [0, 0.1) is 0 Å². The van der Waals surface area contributed by atoms with Gasteiger partial charge in [-0.05, 0) is 62.1 Å². The molecule has 0 N–H and O–H groups in total. The van der Waals surface area contributed by atoms with Gasteiger partial charge < -0.3 is 4.90 Å². The molecular formula is C28H33ClN4OS. The van der Waals surface area contributed by atoms with Crippen molar-refractivity contribution in [3.63, 3.8) is 0 Å². The van der Waals surface area contributed by atoms with E-state index in [-0.39, 0.29) is 5.91 Å². The van der Waals surface area contributed by atoms with Crippen molar-refractivity contribution in [3.8, 4) is 17.1 Å². The van der Waals surface area contributed by atoms with E-state index in [1.54, 1.807) is 0 Å².